The molecule has 1 aliphatic rings. The monoisotopic (exact) mass is 387 g/mol. The highest BCUT2D eigenvalue weighted by Crippen LogP contribution is 2.30. The summed E-state index contributed by atoms with van der Waals surface area (Å²) in [6, 6.07) is 7.02. The van der Waals surface area contributed by atoms with Crippen molar-refractivity contribution in [3.63, 3.8) is 0 Å². The van der Waals surface area contributed by atoms with Crippen LogP contribution in [0.3, 0.4) is 0 Å². The van der Waals surface area contributed by atoms with Crippen LogP contribution in [0.4, 0.5) is 0 Å². The molecule has 7 nitrogen and oxygen atoms in total. The summed E-state index contributed by atoms with van der Waals surface area (Å²) in [7, 11) is 0. The standard InChI is InChI=1S/C21H25NO6/c1-4-16-5-6-18(28-16)17-11-26-8-7-22(17)21(25)15-9-13(2)20(14(3)10-15)27-12-19(23)24/h5-6,9-10,17H,4,7-8,11-12H2,1-3H3,(H,23,24). The van der Waals surface area contributed by atoms with Gasteiger partial charge in [0.2, 0.25) is 0 Å². The minimum Gasteiger partial charge on any atom is -0.481 e. The number of amides is 1. The van der Waals surface area contributed by atoms with Gasteiger partial charge in [-0.3, -0.25) is 4.79 Å². The summed E-state index contributed by atoms with van der Waals surface area (Å²) in [5.41, 5.74) is 1.98. The van der Waals surface area contributed by atoms with E-state index in [1.54, 1.807) is 30.9 Å². The summed E-state index contributed by atoms with van der Waals surface area (Å²) in [4.78, 5) is 25.8. The van der Waals surface area contributed by atoms with Gasteiger partial charge in [0.05, 0.1) is 13.2 Å². The number of ether oxygens (including phenoxy) is 2. The maximum absolute atomic E-state index is 13.2. The quantitative estimate of drug-likeness (QED) is 0.819. The maximum Gasteiger partial charge on any atom is 0.341 e. The zero-order valence-electron chi connectivity index (χ0n) is 16.4. The van der Waals surface area contributed by atoms with E-state index in [1.807, 2.05) is 19.1 Å². The third-order valence-electron chi connectivity index (χ3n) is 4.80. The van der Waals surface area contributed by atoms with Crippen LogP contribution in [0.1, 0.15) is 46.0 Å². The number of carbonyl (C=O) groups is 2. The Labute approximate surface area is 163 Å². The fourth-order valence-corrected chi connectivity index (χ4v) is 3.45. The highest BCUT2D eigenvalue weighted by molar-refractivity contribution is 5.95. The molecule has 2 aromatic rings. The Bertz CT molecular complexity index is 849. The fraction of sp³-hybridized carbons (Fsp3) is 0.429. The molecule has 150 valence electrons. The number of benzene rings is 1. The van der Waals surface area contributed by atoms with Gasteiger partial charge in [0.25, 0.3) is 5.91 Å². The Morgan fingerprint density at radius 2 is 1.96 bits per heavy atom. The van der Waals surface area contributed by atoms with Crippen LogP contribution in [0.25, 0.3) is 0 Å². The summed E-state index contributed by atoms with van der Waals surface area (Å²) < 4.78 is 16.8. The van der Waals surface area contributed by atoms with Crippen molar-refractivity contribution in [1.29, 1.82) is 0 Å². The molecule has 0 spiro atoms. The van der Waals surface area contributed by atoms with Crippen LogP contribution >= 0.6 is 0 Å². The lowest BCUT2D eigenvalue weighted by Gasteiger charge is -2.34. The van der Waals surface area contributed by atoms with Gasteiger partial charge >= 0.3 is 5.97 Å². The van der Waals surface area contributed by atoms with Gasteiger partial charge in [-0.2, -0.15) is 0 Å². The van der Waals surface area contributed by atoms with Crippen molar-refractivity contribution in [2.24, 2.45) is 0 Å². The zero-order chi connectivity index (χ0) is 20.3. The second-order valence-corrected chi connectivity index (χ2v) is 6.87. The number of carboxylic acid groups (broad SMARTS) is 1. The Kier molecular flexibility index (Phi) is 6.04. The molecule has 1 aliphatic heterocycles. The highest BCUT2D eigenvalue weighted by atomic mass is 16.5. The van der Waals surface area contributed by atoms with Crippen molar-refractivity contribution in [2.45, 2.75) is 33.2 Å². The lowest BCUT2D eigenvalue weighted by molar-refractivity contribution is -0.139. The van der Waals surface area contributed by atoms with Gasteiger partial charge in [-0.25, -0.2) is 4.79 Å². The first-order chi connectivity index (χ1) is 13.4. The molecule has 0 aliphatic carbocycles. The van der Waals surface area contributed by atoms with Gasteiger partial charge in [0.15, 0.2) is 6.61 Å². The number of aryl methyl sites for hydroxylation is 3. The minimum absolute atomic E-state index is 0.112. The van der Waals surface area contributed by atoms with Gasteiger partial charge in [-0.1, -0.05) is 6.92 Å². The van der Waals surface area contributed by atoms with Crippen molar-refractivity contribution < 1.29 is 28.6 Å². The topological polar surface area (TPSA) is 89.2 Å². The largest absolute Gasteiger partial charge is 0.481 e. The number of rotatable bonds is 6. The SMILES string of the molecule is CCc1ccc(C2COCCN2C(=O)c2cc(C)c(OCC(=O)O)c(C)c2)o1. The van der Waals surface area contributed by atoms with Crippen LogP contribution in [-0.2, 0) is 16.0 Å². The number of nitrogens with zero attached hydrogens (tertiary/aromatic N) is 1. The van der Waals surface area contributed by atoms with Crippen molar-refractivity contribution in [2.75, 3.05) is 26.4 Å². The molecule has 1 aromatic heterocycles. The number of carbonyl (C=O) groups excluding carboxylic acids is 1. The average molecular weight is 387 g/mol. The van der Waals surface area contributed by atoms with E-state index < -0.39 is 12.6 Å². The predicted molar refractivity (Wildman–Crippen MR) is 102 cm³/mol. The Morgan fingerprint density at radius 3 is 2.57 bits per heavy atom. The second kappa shape index (κ2) is 8.48. The Morgan fingerprint density at radius 1 is 1.25 bits per heavy atom. The number of aliphatic carboxylic acids is 1. The van der Waals surface area contributed by atoms with Gasteiger partial charge in [0, 0.05) is 18.5 Å². The Hall–Kier alpha value is -2.80. The van der Waals surface area contributed by atoms with Gasteiger partial charge in [-0.15, -0.1) is 0 Å². The van der Waals surface area contributed by atoms with E-state index in [1.165, 1.54) is 0 Å². The van der Waals surface area contributed by atoms with Crippen LogP contribution in [0.2, 0.25) is 0 Å². The molecule has 1 amide bonds. The van der Waals surface area contributed by atoms with E-state index >= 15 is 0 Å². The van der Waals surface area contributed by atoms with Crippen molar-refractivity contribution in [1.82, 2.24) is 4.90 Å². The molecule has 0 radical (unpaired) electrons. The third-order valence-corrected chi connectivity index (χ3v) is 4.80. The van der Waals surface area contributed by atoms with E-state index in [0.29, 0.717) is 31.1 Å². The summed E-state index contributed by atoms with van der Waals surface area (Å²) in [5, 5.41) is 8.82. The van der Waals surface area contributed by atoms with Crippen LogP contribution in [0.15, 0.2) is 28.7 Å². The van der Waals surface area contributed by atoms with E-state index in [2.05, 4.69) is 0 Å². The normalized spacial score (nSPS) is 16.8. The molecule has 0 saturated carbocycles. The molecule has 0 bridgehead atoms. The number of hydrogen-bond donors (Lipinski definition) is 1. The van der Waals surface area contributed by atoms with Crippen molar-refractivity contribution >= 4 is 11.9 Å². The maximum atomic E-state index is 13.2. The molecule has 3 rings (SSSR count). The number of furan rings is 1. The third kappa shape index (κ3) is 4.20. The lowest BCUT2D eigenvalue weighted by Crippen LogP contribution is -2.43. The Balaban J connectivity index is 1.85. The van der Waals surface area contributed by atoms with Crippen LogP contribution in [0.5, 0.6) is 5.75 Å². The molecular weight excluding hydrogens is 362 g/mol. The number of carboxylic acids is 1. The molecule has 7 heteroatoms. The number of hydrogen-bond acceptors (Lipinski definition) is 5. The summed E-state index contributed by atoms with van der Waals surface area (Å²) in [5.74, 6) is 0.939. The first-order valence-corrected chi connectivity index (χ1v) is 9.33. The number of morpholine rings is 1. The molecule has 1 unspecified atom stereocenters. The van der Waals surface area contributed by atoms with Gasteiger partial charge in [-0.05, 0) is 49.2 Å². The summed E-state index contributed by atoms with van der Waals surface area (Å²) >= 11 is 0. The molecule has 2 heterocycles. The first kappa shape index (κ1) is 19.9. The summed E-state index contributed by atoms with van der Waals surface area (Å²) in [6.07, 6.45) is 0.789. The highest BCUT2D eigenvalue weighted by Gasteiger charge is 2.32. The van der Waals surface area contributed by atoms with E-state index in [4.69, 9.17) is 19.0 Å². The van der Waals surface area contributed by atoms with E-state index in [0.717, 1.165) is 29.1 Å². The first-order valence-electron chi connectivity index (χ1n) is 9.33. The average Bonchev–Trinajstić information content (AvgIpc) is 3.15. The van der Waals surface area contributed by atoms with Gasteiger partial charge < -0.3 is 23.9 Å². The van der Waals surface area contributed by atoms with Gasteiger partial charge in [0.1, 0.15) is 23.3 Å². The fourth-order valence-electron chi connectivity index (χ4n) is 3.45. The molecule has 1 N–H and O–H groups in total. The minimum atomic E-state index is -1.04. The predicted octanol–water partition coefficient (Wildman–Crippen LogP) is 3.14. The molecular formula is C21H25NO6. The second-order valence-electron chi connectivity index (χ2n) is 6.87. The van der Waals surface area contributed by atoms with Crippen molar-refractivity contribution in [3.8, 4) is 5.75 Å². The van der Waals surface area contributed by atoms with Crippen LogP contribution in [-0.4, -0.2) is 48.2 Å². The summed E-state index contributed by atoms with van der Waals surface area (Å²) in [6.45, 7) is 6.54. The van der Waals surface area contributed by atoms with E-state index in [9.17, 15) is 9.59 Å². The lowest BCUT2D eigenvalue weighted by atomic mass is 10.0. The van der Waals surface area contributed by atoms with Crippen molar-refractivity contribution in [3.05, 3.63) is 52.5 Å². The molecule has 1 fully saturated rings. The molecule has 1 saturated heterocycles. The smallest absolute Gasteiger partial charge is 0.341 e. The van der Waals surface area contributed by atoms with Crippen LogP contribution < -0.4 is 4.74 Å². The zero-order valence-corrected chi connectivity index (χ0v) is 16.4. The molecule has 28 heavy (non-hydrogen) atoms. The molecule has 1 aromatic carbocycles. The van der Waals surface area contributed by atoms with Crippen LogP contribution in [0, 0.1) is 13.8 Å². The molecule has 1 atom stereocenters. The van der Waals surface area contributed by atoms with E-state index in [-0.39, 0.29) is 11.9 Å².